The van der Waals surface area contributed by atoms with Crippen LogP contribution in [-0.4, -0.2) is 66.6 Å². The van der Waals surface area contributed by atoms with Crippen LogP contribution in [0.3, 0.4) is 0 Å². The fraction of sp³-hybridized carbons (Fsp3) is 0.929. The Morgan fingerprint density at radius 3 is 2.21 bits per heavy atom. The molecule has 0 aromatic carbocycles. The molecule has 1 rings (SSSR count). The van der Waals surface area contributed by atoms with E-state index in [0.717, 1.165) is 26.2 Å². The highest BCUT2D eigenvalue weighted by atomic mass is 16.2. The third-order valence-corrected chi connectivity index (χ3v) is 4.29. The van der Waals surface area contributed by atoms with E-state index in [2.05, 4.69) is 36.0 Å². The smallest absolute Gasteiger partial charge is 0.239 e. The Kier molecular flexibility index (Phi) is 5.35. The van der Waals surface area contributed by atoms with Crippen molar-refractivity contribution in [2.75, 3.05) is 39.8 Å². The third-order valence-electron chi connectivity index (χ3n) is 4.29. The predicted molar refractivity (Wildman–Crippen MR) is 79.0 cm³/mol. The minimum atomic E-state index is -0.766. The SMILES string of the molecule is CCC(C)(N)C(=O)NCC(C)(C)N1CCN(C)CC1. The number of amides is 1. The van der Waals surface area contributed by atoms with Crippen LogP contribution in [0.5, 0.6) is 0 Å². The summed E-state index contributed by atoms with van der Waals surface area (Å²) < 4.78 is 0. The van der Waals surface area contributed by atoms with Gasteiger partial charge in [-0.3, -0.25) is 9.69 Å². The average molecular weight is 270 g/mol. The summed E-state index contributed by atoms with van der Waals surface area (Å²) in [5, 5.41) is 3.00. The summed E-state index contributed by atoms with van der Waals surface area (Å²) in [5.41, 5.74) is 5.16. The highest BCUT2D eigenvalue weighted by Gasteiger charge is 2.32. The molecule has 0 bridgehead atoms. The van der Waals surface area contributed by atoms with E-state index in [1.54, 1.807) is 6.92 Å². The molecule has 5 nitrogen and oxygen atoms in total. The van der Waals surface area contributed by atoms with Crippen LogP contribution < -0.4 is 11.1 Å². The van der Waals surface area contributed by atoms with Gasteiger partial charge >= 0.3 is 0 Å². The molecule has 1 aliphatic rings. The summed E-state index contributed by atoms with van der Waals surface area (Å²) in [4.78, 5) is 16.8. The molecule has 3 N–H and O–H groups in total. The molecule has 0 saturated carbocycles. The first-order valence-electron chi connectivity index (χ1n) is 7.20. The summed E-state index contributed by atoms with van der Waals surface area (Å²) in [7, 11) is 2.15. The minimum absolute atomic E-state index is 0.0270. The number of likely N-dealkylation sites (N-methyl/N-ethyl adjacent to an activating group) is 1. The van der Waals surface area contributed by atoms with E-state index >= 15 is 0 Å². The van der Waals surface area contributed by atoms with Gasteiger partial charge < -0.3 is 16.0 Å². The molecule has 0 spiro atoms. The van der Waals surface area contributed by atoms with Gasteiger partial charge in [0.1, 0.15) is 0 Å². The van der Waals surface area contributed by atoms with Crippen molar-refractivity contribution in [1.82, 2.24) is 15.1 Å². The second kappa shape index (κ2) is 6.20. The van der Waals surface area contributed by atoms with Crippen LogP contribution in [0.4, 0.5) is 0 Å². The molecule has 1 fully saturated rings. The number of rotatable bonds is 5. The molecule has 0 aromatic rings. The van der Waals surface area contributed by atoms with Crippen LogP contribution in [0.1, 0.15) is 34.1 Å². The molecule has 5 heteroatoms. The second-order valence-electron chi connectivity index (χ2n) is 6.56. The fourth-order valence-electron chi connectivity index (χ4n) is 2.18. The first-order valence-corrected chi connectivity index (χ1v) is 7.20. The maximum atomic E-state index is 12.0. The van der Waals surface area contributed by atoms with Crippen molar-refractivity contribution >= 4 is 5.91 Å². The summed E-state index contributed by atoms with van der Waals surface area (Å²) in [6.07, 6.45) is 0.647. The van der Waals surface area contributed by atoms with Crippen LogP contribution in [0.2, 0.25) is 0 Å². The summed E-state index contributed by atoms with van der Waals surface area (Å²) >= 11 is 0. The predicted octanol–water partition coefficient (Wildman–Crippen LogP) is 0.256. The minimum Gasteiger partial charge on any atom is -0.353 e. The molecule has 1 unspecified atom stereocenters. The number of nitrogens with one attached hydrogen (secondary N) is 1. The van der Waals surface area contributed by atoms with Gasteiger partial charge in [0, 0.05) is 38.3 Å². The lowest BCUT2D eigenvalue weighted by atomic mass is 9.97. The van der Waals surface area contributed by atoms with Crippen molar-refractivity contribution in [1.29, 1.82) is 0 Å². The first kappa shape index (κ1) is 16.4. The Labute approximate surface area is 117 Å². The molecule has 1 amide bonds. The van der Waals surface area contributed by atoms with Gasteiger partial charge in [-0.1, -0.05) is 6.92 Å². The molecular weight excluding hydrogens is 240 g/mol. The van der Waals surface area contributed by atoms with Gasteiger partial charge in [-0.05, 0) is 34.2 Å². The molecule has 1 heterocycles. The van der Waals surface area contributed by atoms with Crippen LogP contribution in [0, 0.1) is 0 Å². The Bertz CT molecular complexity index is 307. The van der Waals surface area contributed by atoms with E-state index in [-0.39, 0.29) is 11.4 Å². The van der Waals surface area contributed by atoms with Crippen molar-refractivity contribution in [2.24, 2.45) is 5.73 Å². The van der Waals surface area contributed by atoms with Gasteiger partial charge in [0.25, 0.3) is 0 Å². The Morgan fingerprint density at radius 2 is 1.74 bits per heavy atom. The van der Waals surface area contributed by atoms with Crippen LogP contribution in [0.25, 0.3) is 0 Å². The highest BCUT2D eigenvalue weighted by Crippen LogP contribution is 2.16. The Morgan fingerprint density at radius 1 is 1.21 bits per heavy atom. The lowest BCUT2D eigenvalue weighted by Gasteiger charge is -2.43. The molecule has 1 saturated heterocycles. The molecule has 112 valence electrons. The third kappa shape index (κ3) is 4.44. The Balaban J connectivity index is 2.49. The number of carbonyl (C=O) groups excluding carboxylic acids is 1. The largest absolute Gasteiger partial charge is 0.353 e. The highest BCUT2D eigenvalue weighted by molar-refractivity contribution is 5.85. The van der Waals surface area contributed by atoms with Crippen molar-refractivity contribution in [2.45, 2.75) is 45.2 Å². The number of hydrogen-bond donors (Lipinski definition) is 2. The van der Waals surface area contributed by atoms with E-state index in [1.165, 1.54) is 0 Å². The van der Waals surface area contributed by atoms with Gasteiger partial charge in [-0.2, -0.15) is 0 Å². The van der Waals surface area contributed by atoms with Gasteiger partial charge in [0.2, 0.25) is 5.91 Å². The van der Waals surface area contributed by atoms with Gasteiger partial charge in [-0.25, -0.2) is 0 Å². The lowest BCUT2D eigenvalue weighted by Crippen LogP contribution is -2.60. The summed E-state index contributed by atoms with van der Waals surface area (Å²) in [6, 6.07) is 0. The summed E-state index contributed by atoms with van der Waals surface area (Å²) in [6.45, 7) is 13.0. The van der Waals surface area contributed by atoms with Crippen LogP contribution >= 0.6 is 0 Å². The molecule has 0 aliphatic carbocycles. The van der Waals surface area contributed by atoms with Gasteiger partial charge in [0.15, 0.2) is 0 Å². The number of carbonyl (C=O) groups is 1. The zero-order valence-electron chi connectivity index (χ0n) is 13.1. The standard InChI is InChI=1S/C14H30N4O/c1-6-14(4,15)12(19)16-11-13(2,3)18-9-7-17(5)8-10-18/h6-11,15H2,1-5H3,(H,16,19). The fourth-order valence-corrected chi connectivity index (χ4v) is 2.18. The number of nitrogens with two attached hydrogens (primary N) is 1. The van der Waals surface area contributed by atoms with Gasteiger partial charge in [-0.15, -0.1) is 0 Å². The van der Waals surface area contributed by atoms with Crippen molar-refractivity contribution < 1.29 is 4.79 Å². The second-order valence-corrected chi connectivity index (χ2v) is 6.56. The van der Waals surface area contributed by atoms with Crippen LogP contribution in [0.15, 0.2) is 0 Å². The quantitative estimate of drug-likeness (QED) is 0.752. The monoisotopic (exact) mass is 270 g/mol. The topological polar surface area (TPSA) is 61.6 Å². The molecular formula is C14H30N4O. The maximum Gasteiger partial charge on any atom is 0.239 e. The normalized spacial score (nSPS) is 22.0. The lowest BCUT2D eigenvalue weighted by molar-refractivity contribution is -0.126. The van der Waals surface area contributed by atoms with E-state index in [4.69, 9.17) is 5.73 Å². The zero-order chi connectivity index (χ0) is 14.7. The molecule has 19 heavy (non-hydrogen) atoms. The van der Waals surface area contributed by atoms with E-state index in [1.807, 2.05) is 6.92 Å². The van der Waals surface area contributed by atoms with Crippen LogP contribution in [-0.2, 0) is 4.79 Å². The molecule has 1 atom stereocenters. The number of hydrogen-bond acceptors (Lipinski definition) is 4. The van der Waals surface area contributed by atoms with E-state index < -0.39 is 5.54 Å². The molecule has 0 radical (unpaired) electrons. The van der Waals surface area contributed by atoms with E-state index in [9.17, 15) is 4.79 Å². The van der Waals surface area contributed by atoms with E-state index in [0.29, 0.717) is 13.0 Å². The number of piperazine rings is 1. The summed E-state index contributed by atoms with van der Waals surface area (Å²) in [5.74, 6) is -0.0581. The van der Waals surface area contributed by atoms with Crippen molar-refractivity contribution in [3.63, 3.8) is 0 Å². The first-order chi connectivity index (χ1) is 8.69. The van der Waals surface area contributed by atoms with Crippen molar-refractivity contribution in [3.05, 3.63) is 0 Å². The molecule has 0 aromatic heterocycles. The zero-order valence-corrected chi connectivity index (χ0v) is 13.1. The van der Waals surface area contributed by atoms with Gasteiger partial charge in [0.05, 0.1) is 5.54 Å². The maximum absolute atomic E-state index is 12.0. The average Bonchev–Trinajstić information content (AvgIpc) is 2.36. The Hall–Kier alpha value is -0.650. The number of nitrogens with zero attached hydrogens (tertiary/aromatic N) is 2. The van der Waals surface area contributed by atoms with Crippen molar-refractivity contribution in [3.8, 4) is 0 Å². The molecule has 1 aliphatic heterocycles.